The highest BCUT2D eigenvalue weighted by atomic mass is 35.5. The Morgan fingerprint density at radius 2 is 2.04 bits per heavy atom. The molecule has 0 bridgehead atoms. The number of rotatable bonds is 6. The average molecular weight is 432 g/mol. The number of hydrogen-bond acceptors (Lipinski definition) is 6. The highest BCUT2D eigenvalue weighted by molar-refractivity contribution is 7.92. The molecule has 0 aliphatic carbocycles. The van der Waals surface area contributed by atoms with E-state index in [1.54, 1.807) is 18.2 Å². The van der Waals surface area contributed by atoms with Crippen molar-refractivity contribution in [3.05, 3.63) is 23.2 Å². The molecule has 156 valence electrons. The van der Waals surface area contributed by atoms with Crippen molar-refractivity contribution in [1.29, 1.82) is 0 Å². The van der Waals surface area contributed by atoms with Gasteiger partial charge in [-0.2, -0.15) is 0 Å². The summed E-state index contributed by atoms with van der Waals surface area (Å²) in [5, 5.41) is 3.30. The third-order valence-electron chi connectivity index (χ3n) is 4.80. The van der Waals surface area contributed by atoms with E-state index in [4.69, 9.17) is 21.1 Å². The van der Waals surface area contributed by atoms with Gasteiger partial charge < -0.3 is 14.8 Å². The SMILES string of the molecule is CS(=O)(=O)N1CCC(C(=O)NCCCN2CCOCC2)Oc2ccc(Cl)cc21. The number of fused-ring (bicyclic) bond motifs is 1. The number of hydrogen-bond donors (Lipinski definition) is 1. The van der Waals surface area contributed by atoms with Crippen LogP contribution in [0.2, 0.25) is 5.02 Å². The third-order valence-corrected chi connectivity index (χ3v) is 6.22. The minimum atomic E-state index is -3.51. The number of carbonyl (C=O) groups is 1. The smallest absolute Gasteiger partial charge is 0.261 e. The van der Waals surface area contributed by atoms with Crippen LogP contribution in [0.1, 0.15) is 12.8 Å². The molecule has 1 amide bonds. The summed E-state index contributed by atoms with van der Waals surface area (Å²) in [6.45, 7) is 4.93. The van der Waals surface area contributed by atoms with Crippen LogP contribution < -0.4 is 14.4 Å². The average Bonchev–Trinajstić information content (AvgIpc) is 2.85. The lowest BCUT2D eigenvalue weighted by Gasteiger charge is -2.26. The number of amides is 1. The van der Waals surface area contributed by atoms with Crippen molar-refractivity contribution < 1.29 is 22.7 Å². The summed E-state index contributed by atoms with van der Waals surface area (Å²) in [4.78, 5) is 14.9. The lowest BCUT2D eigenvalue weighted by Crippen LogP contribution is -2.41. The second kappa shape index (κ2) is 9.30. The summed E-state index contributed by atoms with van der Waals surface area (Å²) >= 11 is 6.02. The van der Waals surface area contributed by atoms with E-state index < -0.39 is 16.1 Å². The summed E-state index contributed by atoms with van der Waals surface area (Å²) in [6.07, 6.45) is 1.47. The molecule has 1 unspecified atom stereocenters. The topological polar surface area (TPSA) is 88.2 Å². The lowest BCUT2D eigenvalue weighted by atomic mass is 10.2. The number of halogens is 1. The summed E-state index contributed by atoms with van der Waals surface area (Å²) < 4.78 is 36.7. The molecule has 0 radical (unpaired) electrons. The number of nitrogens with zero attached hydrogens (tertiary/aromatic N) is 2. The van der Waals surface area contributed by atoms with Gasteiger partial charge in [-0.15, -0.1) is 0 Å². The van der Waals surface area contributed by atoms with Gasteiger partial charge in [0.1, 0.15) is 5.75 Å². The van der Waals surface area contributed by atoms with E-state index in [-0.39, 0.29) is 18.9 Å². The van der Waals surface area contributed by atoms with E-state index in [0.717, 1.165) is 45.5 Å². The van der Waals surface area contributed by atoms with Gasteiger partial charge in [0.25, 0.3) is 5.91 Å². The molecule has 2 aliphatic rings. The van der Waals surface area contributed by atoms with Crippen molar-refractivity contribution >= 4 is 33.2 Å². The van der Waals surface area contributed by atoms with Crippen molar-refractivity contribution in [3.8, 4) is 5.75 Å². The molecule has 8 nitrogen and oxygen atoms in total. The molecule has 1 saturated heterocycles. The minimum Gasteiger partial charge on any atom is -0.478 e. The standard InChI is InChI=1S/C18H26ClN3O5S/c1-28(24,25)22-8-5-17(27-16-4-3-14(19)13-15(16)22)18(23)20-6-2-7-21-9-11-26-12-10-21/h3-4,13,17H,2,5-12H2,1H3,(H,20,23). The fourth-order valence-corrected chi connectivity index (χ4v) is 4.44. The van der Waals surface area contributed by atoms with Gasteiger partial charge in [-0.05, 0) is 31.2 Å². The largest absolute Gasteiger partial charge is 0.478 e. The molecular weight excluding hydrogens is 406 g/mol. The number of ether oxygens (including phenoxy) is 2. The Hall–Kier alpha value is -1.55. The van der Waals surface area contributed by atoms with Crippen LogP contribution in [0.4, 0.5) is 5.69 Å². The first-order valence-electron chi connectivity index (χ1n) is 9.36. The van der Waals surface area contributed by atoms with Crippen molar-refractivity contribution in [2.45, 2.75) is 18.9 Å². The van der Waals surface area contributed by atoms with Crippen LogP contribution in [-0.4, -0.2) is 77.5 Å². The van der Waals surface area contributed by atoms with Crippen LogP contribution in [0.5, 0.6) is 5.75 Å². The molecule has 0 spiro atoms. The predicted octanol–water partition coefficient (Wildman–Crippen LogP) is 1.10. The second-order valence-electron chi connectivity index (χ2n) is 6.94. The normalized spacial score (nSPS) is 20.8. The molecule has 1 N–H and O–H groups in total. The Kier molecular flexibility index (Phi) is 7.03. The van der Waals surface area contributed by atoms with Gasteiger partial charge in [-0.1, -0.05) is 11.6 Å². The van der Waals surface area contributed by atoms with Gasteiger partial charge in [0, 0.05) is 37.6 Å². The Morgan fingerprint density at radius 3 is 2.75 bits per heavy atom. The van der Waals surface area contributed by atoms with Crippen molar-refractivity contribution in [2.24, 2.45) is 0 Å². The van der Waals surface area contributed by atoms with E-state index in [2.05, 4.69) is 10.2 Å². The van der Waals surface area contributed by atoms with E-state index in [1.807, 2.05) is 0 Å². The zero-order valence-corrected chi connectivity index (χ0v) is 17.5. The Morgan fingerprint density at radius 1 is 1.29 bits per heavy atom. The first-order valence-corrected chi connectivity index (χ1v) is 11.6. The first kappa shape index (κ1) is 21.2. The summed E-state index contributed by atoms with van der Waals surface area (Å²) in [5.41, 5.74) is 0.359. The van der Waals surface area contributed by atoms with E-state index >= 15 is 0 Å². The number of anilines is 1. The van der Waals surface area contributed by atoms with Crippen LogP contribution in [0.25, 0.3) is 0 Å². The maximum Gasteiger partial charge on any atom is 0.261 e. The van der Waals surface area contributed by atoms with Crippen molar-refractivity contribution in [1.82, 2.24) is 10.2 Å². The summed E-state index contributed by atoms with van der Waals surface area (Å²) in [7, 11) is -3.51. The third kappa shape index (κ3) is 5.50. The van der Waals surface area contributed by atoms with Crippen molar-refractivity contribution in [3.63, 3.8) is 0 Å². The van der Waals surface area contributed by atoms with E-state index in [0.29, 0.717) is 23.0 Å². The molecule has 28 heavy (non-hydrogen) atoms. The molecule has 2 aliphatic heterocycles. The van der Waals surface area contributed by atoms with E-state index in [9.17, 15) is 13.2 Å². The lowest BCUT2D eigenvalue weighted by molar-refractivity contribution is -0.128. The maximum absolute atomic E-state index is 12.6. The quantitative estimate of drug-likeness (QED) is 0.678. The number of nitrogens with one attached hydrogen (secondary N) is 1. The molecule has 1 aromatic carbocycles. The minimum absolute atomic E-state index is 0.151. The van der Waals surface area contributed by atoms with Gasteiger partial charge in [0.15, 0.2) is 6.10 Å². The van der Waals surface area contributed by atoms with E-state index in [1.165, 1.54) is 4.31 Å². The molecular formula is C18H26ClN3O5S. The monoisotopic (exact) mass is 431 g/mol. The second-order valence-corrected chi connectivity index (χ2v) is 9.28. The Balaban J connectivity index is 1.59. The van der Waals surface area contributed by atoms with Crippen LogP contribution in [0, 0.1) is 0 Å². The van der Waals surface area contributed by atoms with Gasteiger partial charge in [0.05, 0.1) is 25.2 Å². The fraction of sp³-hybridized carbons (Fsp3) is 0.611. The van der Waals surface area contributed by atoms with Crippen LogP contribution in [-0.2, 0) is 19.6 Å². The maximum atomic E-state index is 12.6. The Bertz CT molecular complexity index is 798. The molecule has 2 heterocycles. The molecule has 3 rings (SSSR count). The first-order chi connectivity index (χ1) is 13.3. The van der Waals surface area contributed by atoms with Gasteiger partial charge in [-0.25, -0.2) is 8.42 Å². The number of sulfonamides is 1. The fourth-order valence-electron chi connectivity index (χ4n) is 3.33. The predicted molar refractivity (Wildman–Crippen MR) is 108 cm³/mol. The van der Waals surface area contributed by atoms with Crippen LogP contribution in [0.3, 0.4) is 0 Å². The van der Waals surface area contributed by atoms with Gasteiger partial charge in [0.2, 0.25) is 10.0 Å². The molecule has 1 fully saturated rings. The van der Waals surface area contributed by atoms with Crippen molar-refractivity contribution in [2.75, 3.05) is 56.5 Å². The zero-order chi connectivity index (χ0) is 20.1. The van der Waals surface area contributed by atoms with Crippen LogP contribution >= 0.6 is 11.6 Å². The molecule has 10 heteroatoms. The zero-order valence-electron chi connectivity index (χ0n) is 15.9. The molecule has 1 atom stereocenters. The molecule has 1 aromatic rings. The van der Waals surface area contributed by atoms with Gasteiger partial charge in [-0.3, -0.25) is 14.0 Å². The highest BCUT2D eigenvalue weighted by Crippen LogP contribution is 2.36. The molecule has 0 aromatic heterocycles. The number of morpholine rings is 1. The highest BCUT2D eigenvalue weighted by Gasteiger charge is 2.31. The Labute approximate surface area is 170 Å². The number of benzene rings is 1. The number of carbonyl (C=O) groups excluding carboxylic acids is 1. The molecule has 0 saturated carbocycles. The van der Waals surface area contributed by atoms with Crippen LogP contribution in [0.15, 0.2) is 18.2 Å². The van der Waals surface area contributed by atoms with Gasteiger partial charge >= 0.3 is 0 Å². The summed E-state index contributed by atoms with van der Waals surface area (Å²) in [6, 6.07) is 4.75. The summed E-state index contributed by atoms with van der Waals surface area (Å²) in [5.74, 6) is 0.0963.